The molecular weight excluding hydrogens is 238 g/mol. The van der Waals surface area contributed by atoms with Crippen LogP contribution in [-0.4, -0.2) is 35.3 Å². The molecule has 0 radical (unpaired) electrons. The van der Waals surface area contributed by atoms with Gasteiger partial charge in [-0.1, -0.05) is 12.2 Å². The molecule has 0 fully saturated rings. The van der Waals surface area contributed by atoms with E-state index in [4.69, 9.17) is 5.73 Å². The van der Waals surface area contributed by atoms with Gasteiger partial charge < -0.3 is 16.2 Å². The summed E-state index contributed by atoms with van der Waals surface area (Å²) in [6.45, 7) is 1.28. The standard InChI is InChI=1S/C15H23N3O/c16-11-15(19)5-4-14-10-12(6-8-18-14)9-13-3-1-2-7-17-13/h1-2,6,8,10,13,15,17,19H,3-5,7,9,11,16H2. The summed E-state index contributed by atoms with van der Waals surface area (Å²) in [5, 5.41) is 13.0. The fourth-order valence-corrected chi connectivity index (χ4v) is 2.33. The van der Waals surface area contributed by atoms with Crippen LogP contribution in [0.1, 0.15) is 24.1 Å². The van der Waals surface area contributed by atoms with Gasteiger partial charge in [-0.3, -0.25) is 4.98 Å². The Bertz CT molecular complexity index is 420. The number of nitrogens with two attached hydrogens (primary N) is 1. The number of aryl methyl sites for hydroxylation is 1. The first-order chi connectivity index (χ1) is 9.28. The van der Waals surface area contributed by atoms with E-state index in [1.54, 1.807) is 0 Å². The molecule has 0 saturated carbocycles. The van der Waals surface area contributed by atoms with Gasteiger partial charge in [0.25, 0.3) is 0 Å². The van der Waals surface area contributed by atoms with E-state index in [9.17, 15) is 5.11 Å². The van der Waals surface area contributed by atoms with Gasteiger partial charge in [0, 0.05) is 31.0 Å². The summed E-state index contributed by atoms with van der Waals surface area (Å²) in [6.07, 6.45) is 9.42. The molecule has 4 nitrogen and oxygen atoms in total. The molecule has 2 heterocycles. The summed E-state index contributed by atoms with van der Waals surface area (Å²) in [5.74, 6) is 0. The average Bonchev–Trinajstić information content (AvgIpc) is 2.46. The number of nitrogens with zero attached hydrogens (tertiary/aromatic N) is 1. The second kappa shape index (κ2) is 7.38. The van der Waals surface area contributed by atoms with Crippen molar-refractivity contribution in [3.05, 3.63) is 41.7 Å². The van der Waals surface area contributed by atoms with Crippen molar-refractivity contribution in [3.63, 3.8) is 0 Å². The number of aromatic nitrogens is 1. The van der Waals surface area contributed by atoms with E-state index in [1.807, 2.05) is 6.20 Å². The number of aliphatic hydroxyl groups excluding tert-OH is 1. The predicted octanol–water partition coefficient (Wildman–Crippen LogP) is 0.794. The minimum atomic E-state index is -0.421. The van der Waals surface area contributed by atoms with Crippen molar-refractivity contribution >= 4 is 0 Å². The monoisotopic (exact) mass is 261 g/mol. The van der Waals surface area contributed by atoms with Gasteiger partial charge >= 0.3 is 0 Å². The van der Waals surface area contributed by atoms with E-state index in [0.29, 0.717) is 19.0 Å². The largest absolute Gasteiger partial charge is 0.392 e. The molecule has 1 aliphatic rings. The van der Waals surface area contributed by atoms with Gasteiger partial charge in [0.15, 0.2) is 0 Å². The van der Waals surface area contributed by atoms with Crippen molar-refractivity contribution in [1.82, 2.24) is 10.3 Å². The second-order valence-electron chi connectivity index (χ2n) is 5.10. The molecule has 0 bridgehead atoms. The highest BCUT2D eigenvalue weighted by Crippen LogP contribution is 2.11. The molecule has 4 N–H and O–H groups in total. The Balaban J connectivity index is 1.89. The predicted molar refractivity (Wildman–Crippen MR) is 76.9 cm³/mol. The minimum Gasteiger partial charge on any atom is -0.392 e. The van der Waals surface area contributed by atoms with E-state index in [1.165, 1.54) is 5.56 Å². The third-order valence-electron chi connectivity index (χ3n) is 3.48. The van der Waals surface area contributed by atoms with Crippen LogP contribution in [0.2, 0.25) is 0 Å². The molecule has 0 saturated heterocycles. The van der Waals surface area contributed by atoms with Crippen LogP contribution in [0.4, 0.5) is 0 Å². The quantitative estimate of drug-likeness (QED) is 0.662. The number of pyridine rings is 1. The molecule has 1 aromatic heterocycles. The average molecular weight is 261 g/mol. The number of nitrogens with one attached hydrogen (secondary N) is 1. The lowest BCUT2D eigenvalue weighted by atomic mass is 10.0. The van der Waals surface area contributed by atoms with Gasteiger partial charge in [0.2, 0.25) is 0 Å². The van der Waals surface area contributed by atoms with Gasteiger partial charge in [-0.05, 0) is 43.4 Å². The Labute approximate surface area is 114 Å². The molecule has 0 aromatic carbocycles. The van der Waals surface area contributed by atoms with Gasteiger partial charge in [0.05, 0.1) is 6.10 Å². The third-order valence-corrected chi connectivity index (χ3v) is 3.48. The van der Waals surface area contributed by atoms with Gasteiger partial charge in [-0.15, -0.1) is 0 Å². The van der Waals surface area contributed by atoms with Gasteiger partial charge in [0.1, 0.15) is 0 Å². The highest BCUT2D eigenvalue weighted by atomic mass is 16.3. The molecule has 104 valence electrons. The highest BCUT2D eigenvalue weighted by molar-refractivity contribution is 5.18. The normalized spacial score (nSPS) is 20.4. The highest BCUT2D eigenvalue weighted by Gasteiger charge is 2.10. The summed E-state index contributed by atoms with van der Waals surface area (Å²) >= 11 is 0. The lowest BCUT2D eigenvalue weighted by Crippen LogP contribution is -2.33. The number of hydrogen-bond donors (Lipinski definition) is 3. The van der Waals surface area contributed by atoms with Crippen molar-refractivity contribution in [2.24, 2.45) is 5.73 Å². The first-order valence-corrected chi connectivity index (χ1v) is 6.98. The summed E-state index contributed by atoms with van der Waals surface area (Å²) < 4.78 is 0. The van der Waals surface area contributed by atoms with Crippen LogP contribution in [0.5, 0.6) is 0 Å². The molecule has 1 aromatic rings. The Morgan fingerprint density at radius 3 is 3.11 bits per heavy atom. The molecule has 1 aliphatic heterocycles. The number of rotatable bonds is 6. The van der Waals surface area contributed by atoms with Crippen molar-refractivity contribution in [2.75, 3.05) is 13.1 Å². The number of hydrogen-bond acceptors (Lipinski definition) is 4. The van der Waals surface area contributed by atoms with E-state index >= 15 is 0 Å². The molecule has 0 amide bonds. The fraction of sp³-hybridized carbons (Fsp3) is 0.533. The zero-order valence-electron chi connectivity index (χ0n) is 11.3. The lowest BCUT2D eigenvalue weighted by Gasteiger charge is -2.19. The second-order valence-corrected chi connectivity index (χ2v) is 5.10. The molecular formula is C15H23N3O. The SMILES string of the molecule is NCC(O)CCc1cc(CC2CC=CCN2)ccn1. The maximum Gasteiger partial charge on any atom is 0.0666 e. The topological polar surface area (TPSA) is 71.2 Å². The fourth-order valence-electron chi connectivity index (χ4n) is 2.33. The van der Waals surface area contributed by atoms with Crippen LogP contribution in [0.25, 0.3) is 0 Å². The van der Waals surface area contributed by atoms with Crippen molar-refractivity contribution in [2.45, 2.75) is 37.8 Å². The maximum absolute atomic E-state index is 9.48. The Hall–Kier alpha value is -1.23. The molecule has 2 atom stereocenters. The van der Waals surface area contributed by atoms with Crippen LogP contribution >= 0.6 is 0 Å². The first-order valence-electron chi connectivity index (χ1n) is 6.98. The van der Waals surface area contributed by atoms with E-state index in [2.05, 4.69) is 34.6 Å². The van der Waals surface area contributed by atoms with Gasteiger partial charge in [-0.25, -0.2) is 0 Å². The van der Waals surface area contributed by atoms with Crippen LogP contribution < -0.4 is 11.1 Å². The van der Waals surface area contributed by atoms with E-state index < -0.39 is 6.10 Å². The molecule has 4 heteroatoms. The summed E-state index contributed by atoms with van der Waals surface area (Å²) in [7, 11) is 0. The van der Waals surface area contributed by atoms with Crippen molar-refractivity contribution in [3.8, 4) is 0 Å². The molecule has 0 aliphatic carbocycles. The maximum atomic E-state index is 9.48. The number of aliphatic hydroxyl groups is 1. The van der Waals surface area contributed by atoms with E-state index in [-0.39, 0.29) is 0 Å². The first kappa shape index (κ1) is 14.2. The minimum absolute atomic E-state index is 0.317. The smallest absolute Gasteiger partial charge is 0.0666 e. The van der Waals surface area contributed by atoms with E-state index in [0.717, 1.165) is 31.5 Å². The molecule has 19 heavy (non-hydrogen) atoms. The molecule has 0 spiro atoms. The zero-order chi connectivity index (χ0) is 13.5. The molecule has 2 rings (SSSR count). The Morgan fingerprint density at radius 1 is 1.47 bits per heavy atom. The van der Waals surface area contributed by atoms with Crippen LogP contribution in [0, 0.1) is 0 Å². The van der Waals surface area contributed by atoms with Gasteiger partial charge in [-0.2, -0.15) is 0 Å². The van der Waals surface area contributed by atoms with Crippen molar-refractivity contribution in [1.29, 1.82) is 0 Å². The van der Waals surface area contributed by atoms with Crippen molar-refractivity contribution < 1.29 is 5.11 Å². The van der Waals surface area contributed by atoms with Crippen LogP contribution in [0.3, 0.4) is 0 Å². The summed E-state index contributed by atoms with van der Waals surface area (Å²) in [5.41, 5.74) is 7.75. The Morgan fingerprint density at radius 2 is 2.37 bits per heavy atom. The third kappa shape index (κ3) is 4.74. The van der Waals surface area contributed by atoms with Crippen LogP contribution in [-0.2, 0) is 12.8 Å². The lowest BCUT2D eigenvalue weighted by molar-refractivity contribution is 0.173. The molecule has 2 unspecified atom stereocenters. The zero-order valence-corrected chi connectivity index (χ0v) is 11.3. The van der Waals surface area contributed by atoms with Crippen LogP contribution in [0.15, 0.2) is 30.5 Å². The summed E-state index contributed by atoms with van der Waals surface area (Å²) in [6, 6.07) is 4.74. The Kier molecular flexibility index (Phi) is 5.51. The summed E-state index contributed by atoms with van der Waals surface area (Å²) in [4.78, 5) is 4.35.